The van der Waals surface area contributed by atoms with E-state index in [0.29, 0.717) is 0 Å². The molecule has 0 bridgehead atoms. The highest BCUT2D eigenvalue weighted by atomic mass is 19.4. The van der Waals surface area contributed by atoms with Crippen molar-refractivity contribution >= 4 is 11.0 Å². The van der Waals surface area contributed by atoms with E-state index in [1.165, 1.54) is 0 Å². The summed E-state index contributed by atoms with van der Waals surface area (Å²) in [4.78, 5) is 24.9. The number of H-pyrrole nitrogens is 1. The molecule has 0 saturated carbocycles. The molecule has 0 fully saturated rings. The molecule has 5 nitrogen and oxygen atoms in total. The van der Waals surface area contributed by atoms with Crippen LogP contribution in [0.15, 0.2) is 27.8 Å². The highest BCUT2D eigenvalue weighted by molar-refractivity contribution is 5.75. The van der Waals surface area contributed by atoms with Gasteiger partial charge in [-0.2, -0.15) is 18.4 Å². The maximum absolute atomic E-state index is 12.5. The molecular weight excluding hydrogens is 263 g/mol. The fourth-order valence-corrected chi connectivity index (χ4v) is 1.68. The van der Waals surface area contributed by atoms with Gasteiger partial charge in [0.25, 0.3) is 0 Å². The number of aromatic nitrogens is 2. The van der Waals surface area contributed by atoms with Gasteiger partial charge in [-0.05, 0) is 18.2 Å². The summed E-state index contributed by atoms with van der Waals surface area (Å²) in [6.45, 7) is -0.412. The van der Waals surface area contributed by atoms with Crippen LogP contribution in [0.1, 0.15) is 5.56 Å². The van der Waals surface area contributed by atoms with Gasteiger partial charge in [0.1, 0.15) is 6.54 Å². The minimum atomic E-state index is -4.55. The minimum absolute atomic E-state index is 0.0687. The number of nitrogens with one attached hydrogen (secondary N) is 1. The number of nitrogens with zero attached hydrogens (tertiary/aromatic N) is 2. The predicted molar refractivity (Wildman–Crippen MR) is 59.4 cm³/mol. The van der Waals surface area contributed by atoms with Gasteiger partial charge in [-0.1, -0.05) is 0 Å². The van der Waals surface area contributed by atoms with E-state index in [9.17, 15) is 22.8 Å². The summed E-state index contributed by atoms with van der Waals surface area (Å²) in [6.07, 6.45) is -4.55. The lowest BCUT2D eigenvalue weighted by Gasteiger charge is -2.10. The van der Waals surface area contributed by atoms with Crippen LogP contribution in [0.25, 0.3) is 11.0 Å². The number of alkyl halides is 3. The van der Waals surface area contributed by atoms with Crippen LogP contribution in [0.3, 0.4) is 0 Å². The van der Waals surface area contributed by atoms with Crippen molar-refractivity contribution in [2.24, 2.45) is 0 Å². The molecule has 0 radical (unpaired) electrons. The Hall–Kier alpha value is -2.56. The van der Waals surface area contributed by atoms with Crippen molar-refractivity contribution in [2.75, 3.05) is 0 Å². The number of rotatable bonds is 1. The molecule has 0 saturated heterocycles. The fourth-order valence-electron chi connectivity index (χ4n) is 1.68. The highest BCUT2D eigenvalue weighted by Crippen LogP contribution is 2.30. The Bertz CT molecular complexity index is 796. The maximum atomic E-state index is 12.5. The zero-order valence-electron chi connectivity index (χ0n) is 9.28. The largest absolute Gasteiger partial charge is 0.416 e. The lowest BCUT2D eigenvalue weighted by Crippen LogP contribution is -2.36. The smallest absolute Gasteiger partial charge is 0.316 e. The van der Waals surface area contributed by atoms with Crippen molar-refractivity contribution in [2.45, 2.75) is 12.7 Å². The average molecular weight is 269 g/mol. The number of nitriles is 1. The second-order valence-electron chi connectivity index (χ2n) is 3.73. The number of aromatic amines is 1. The van der Waals surface area contributed by atoms with Crippen LogP contribution >= 0.6 is 0 Å². The Morgan fingerprint density at radius 2 is 2.00 bits per heavy atom. The lowest BCUT2D eigenvalue weighted by atomic mass is 10.2. The Morgan fingerprint density at radius 1 is 1.32 bits per heavy atom. The van der Waals surface area contributed by atoms with Crippen LogP contribution in [0.5, 0.6) is 0 Å². The molecule has 0 atom stereocenters. The van der Waals surface area contributed by atoms with Crippen LogP contribution in [-0.2, 0) is 12.7 Å². The minimum Gasteiger partial charge on any atom is -0.316 e. The Balaban J connectivity index is 2.84. The van der Waals surface area contributed by atoms with Gasteiger partial charge >= 0.3 is 17.3 Å². The fraction of sp³-hybridized carbons (Fsp3) is 0.182. The van der Waals surface area contributed by atoms with Crippen LogP contribution in [0.2, 0.25) is 0 Å². The Morgan fingerprint density at radius 3 is 2.58 bits per heavy atom. The van der Waals surface area contributed by atoms with E-state index < -0.39 is 29.4 Å². The van der Waals surface area contributed by atoms with Gasteiger partial charge < -0.3 is 4.98 Å². The van der Waals surface area contributed by atoms with Gasteiger partial charge in [0.2, 0.25) is 0 Å². The van der Waals surface area contributed by atoms with Gasteiger partial charge in [-0.15, -0.1) is 0 Å². The zero-order valence-corrected chi connectivity index (χ0v) is 9.28. The van der Waals surface area contributed by atoms with Gasteiger partial charge in [-0.25, -0.2) is 0 Å². The van der Waals surface area contributed by atoms with Gasteiger partial charge in [0.05, 0.1) is 22.7 Å². The average Bonchev–Trinajstić information content (AvgIpc) is 2.33. The maximum Gasteiger partial charge on any atom is 0.416 e. The SMILES string of the molecule is N#CCn1c(=O)c(=O)[nH]c2cc(C(F)(F)F)ccc21. The summed E-state index contributed by atoms with van der Waals surface area (Å²) in [5, 5.41) is 8.58. The number of hydrogen-bond donors (Lipinski definition) is 1. The molecule has 0 aliphatic rings. The molecule has 98 valence electrons. The van der Waals surface area contributed by atoms with E-state index in [0.717, 1.165) is 22.8 Å². The van der Waals surface area contributed by atoms with Crippen LogP contribution in [0, 0.1) is 11.3 Å². The van der Waals surface area contributed by atoms with Gasteiger partial charge in [0.15, 0.2) is 0 Å². The first-order valence-electron chi connectivity index (χ1n) is 5.05. The molecule has 1 aromatic heterocycles. The van der Waals surface area contributed by atoms with E-state index >= 15 is 0 Å². The first kappa shape index (κ1) is 12.9. The first-order valence-corrected chi connectivity index (χ1v) is 5.05. The topological polar surface area (TPSA) is 78.7 Å². The van der Waals surface area contributed by atoms with E-state index in [1.807, 2.05) is 0 Å². The molecular formula is C11H6F3N3O2. The van der Waals surface area contributed by atoms with Crippen molar-refractivity contribution in [3.05, 3.63) is 44.5 Å². The van der Waals surface area contributed by atoms with Crippen LogP contribution < -0.4 is 11.1 Å². The molecule has 0 amide bonds. The number of fused-ring (bicyclic) bond motifs is 1. The molecule has 2 rings (SSSR count). The molecule has 8 heteroatoms. The van der Waals surface area contributed by atoms with Gasteiger partial charge in [-0.3, -0.25) is 14.2 Å². The lowest BCUT2D eigenvalue weighted by molar-refractivity contribution is -0.137. The molecule has 0 unspecified atom stereocenters. The summed E-state index contributed by atoms with van der Waals surface area (Å²) >= 11 is 0. The molecule has 0 aliphatic carbocycles. The molecule has 1 aromatic carbocycles. The molecule has 1 heterocycles. The normalized spacial score (nSPS) is 11.5. The summed E-state index contributed by atoms with van der Waals surface area (Å²) in [5.41, 5.74) is -3.07. The number of halogens is 3. The third kappa shape index (κ3) is 2.22. The Kier molecular flexibility index (Phi) is 2.90. The molecule has 0 aliphatic heterocycles. The predicted octanol–water partition coefficient (Wildman–Crippen LogP) is 1.23. The summed E-state index contributed by atoms with van der Waals surface area (Å²) in [6, 6.07) is 4.24. The van der Waals surface area contributed by atoms with Crippen molar-refractivity contribution < 1.29 is 13.2 Å². The van der Waals surface area contributed by atoms with Gasteiger partial charge in [0, 0.05) is 0 Å². The third-order valence-corrected chi connectivity index (χ3v) is 2.53. The van der Waals surface area contributed by atoms with Crippen molar-refractivity contribution in [3.63, 3.8) is 0 Å². The van der Waals surface area contributed by atoms with E-state index in [4.69, 9.17) is 5.26 Å². The van der Waals surface area contributed by atoms with E-state index in [1.54, 1.807) is 6.07 Å². The molecule has 19 heavy (non-hydrogen) atoms. The van der Waals surface area contributed by atoms with Crippen molar-refractivity contribution in [3.8, 4) is 6.07 Å². The summed E-state index contributed by atoms with van der Waals surface area (Å²) in [7, 11) is 0. The number of hydrogen-bond acceptors (Lipinski definition) is 3. The van der Waals surface area contributed by atoms with Crippen molar-refractivity contribution in [1.29, 1.82) is 5.26 Å². The molecule has 2 aromatic rings. The first-order chi connectivity index (χ1) is 8.84. The molecule has 1 N–H and O–H groups in total. The zero-order chi connectivity index (χ0) is 14.2. The standard InChI is InChI=1S/C11H6F3N3O2/c12-11(13,14)6-1-2-8-7(5-6)16-9(18)10(19)17(8)4-3-15/h1-2,5H,4H2,(H,16,18). The quantitative estimate of drug-likeness (QED) is 0.791. The Labute approximate surface area is 103 Å². The van der Waals surface area contributed by atoms with Crippen LogP contribution in [0.4, 0.5) is 13.2 Å². The third-order valence-electron chi connectivity index (χ3n) is 2.53. The monoisotopic (exact) mass is 269 g/mol. The highest BCUT2D eigenvalue weighted by Gasteiger charge is 2.30. The van der Waals surface area contributed by atoms with E-state index in [2.05, 4.69) is 4.98 Å². The van der Waals surface area contributed by atoms with E-state index in [-0.39, 0.29) is 11.0 Å². The van der Waals surface area contributed by atoms with Crippen LogP contribution in [-0.4, -0.2) is 9.55 Å². The van der Waals surface area contributed by atoms with Crippen molar-refractivity contribution in [1.82, 2.24) is 9.55 Å². The summed E-state index contributed by atoms with van der Waals surface area (Å²) < 4.78 is 38.4. The second kappa shape index (κ2) is 4.28. The summed E-state index contributed by atoms with van der Waals surface area (Å²) in [5.74, 6) is 0. The number of benzene rings is 1. The molecule has 0 spiro atoms. The second-order valence-corrected chi connectivity index (χ2v) is 3.73.